The Bertz CT molecular complexity index is 505. The van der Waals surface area contributed by atoms with Crippen LogP contribution in [0.25, 0.3) is 0 Å². The fraction of sp³-hybridized carbons (Fsp3) is 0.632. The summed E-state index contributed by atoms with van der Waals surface area (Å²) < 4.78 is 13.5. The van der Waals surface area contributed by atoms with E-state index in [-0.39, 0.29) is 17.8 Å². The van der Waals surface area contributed by atoms with Crippen LogP contribution in [-0.4, -0.2) is 11.9 Å². The van der Waals surface area contributed by atoms with Gasteiger partial charge in [-0.15, -0.1) is 0 Å². The van der Waals surface area contributed by atoms with Gasteiger partial charge in [-0.05, 0) is 44.0 Å². The molecule has 1 aromatic carbocycles. The van der Waals surface area contributed by atoms with Gasteiger partial charge in [-0.1, -0.05) is 47.0 Å². The molecule has 0 aliphatic heterocycles. The standard InChI is InChI=1S/C19H30FNO/c1-7-8-9-10-15(3)21(18(22)19(4,5)6)16-11-12-17(20)14(2)13-16/h11-13,15H,7-10H2,1-6H3. The van der Waals surface area contributed by atoms with E-state index in [1.165, 1.54) is 12.5 Å². The maximum Gasteiger partial charge on any atom is 0.232 e. The van der Waals surface area contributed by atoms with E-state index in [4.69, 9.17) is 0 Å². The zero-order valence-corrected chi connectivity index (χ0v) is 14.9. The number of benzene rings is 1. The summed E-state index contributed by atoms with van der Waals surface area (Å²) in [5.41, 5.74) is 0.911. The van der Waals surface area contributed by atoms with Crippen molar-refractivity contribution < 1.29 is 9.18 Å². The number of nitrogens with zero attached hydrogens (tertiary/aromatic N) is 1. The highest BCUT2D eigenvalue weighted by atomic mass is 19.1. The number of amides is 1. The third-order valence-electron chi connectivity index (χ3n) is 3.95. The number of carbonyl (C=O) groups is 1. The lowest BCUT2D eigenvalue weighted by atomic mass is 9.92. The van der Waals surface area contributed by atoms with E-state index in [0.717, 1.165) is 24.9 Å². The van der Waals surface area contributed by atoms with Gasteiger partial charge in [0, 0.05) is 17.1 Å². The van der Waals surface area contributed by atoms with Crippen molar-refractivity contribution in [2.45, 2.75) is 73.3 Å². The molecular formula is C19H30FNO. The van der Waals surface area contributed by atoms with Gasteiger partial charge in [0.15, 0.2) is 0 Å². The highest BCUT2D eigenvalue weighted by Gasteiger charge is 2.31. The van der Waals surface area contributed by atoms with E-state index in [1.807, 2.05) is 25.7 Å². The minimum atomic E-state index is -0.457. The number of anilines is 1. The summed E-state index contributed by atoms with van der Waals surface area (Å²) in [6, 6.07) is 5.05. The molecule has 124 valence electrons. The number of rotatable bonds is 6. The van der Waals surface area contributed by atoms with Crippen molar-refractivity contribution in [1.82, 2.24) is 0 Å². The first-order chi connectivity index (χ1) is 10.2. The molecule has 0 aliphatic rings. The molecule has 0 spiro atoms. The van der Waals surface area contributed by atoms with Gasteiger partial charge in [0.2, 0.25) is 5.91 Å². The van der Waals surface area contributed by atoms with Crippen molar-refractivity contribution in [2.75, 3.05) is 4.90 Å². The lowest BCUT2D eigenvalue weighted by Gasteiger charge is -2.35. The average Bonchev–Trinajstić information content (AvgIpc) is 2.42. The molecule has 0 radical (unpaired) electrons. The van der Waals surface area contributed by atoms with Crippen molar-refractivity contribution in [3.63, 3.8) is 0 Å². The maximum atomic E-state index is 13.5. The largest absolute Gasteiger partial charge is 0.309 e. The van der Waals surface area contributed by atoms with Crippen molar-refractivity contribution in [3.05, 3.63) is 29.6 Å². The highest BCUT2D eigenvalue weighted by Crippen LogP contribution is 2.28. The fourth-order valence-corrected chi connectivity index (χ4v) is 2.53. The zero-order valence-electron chi connectivity index (χ0n) is 14.9. The van der Waals surface area contributed by atoms with Gasteiger partial charge in [-0.3, -0.25) is 4.79 Å². The van der Waals surface area contributed by atoms with Crippen molar-refractivity contribution >= 4 is 11.6 Å². The van der Waals surface area contributed by atoms with Crippen LogP contribution in [0, 0.1) is 18.2 Å². The van der Waals surface area contributed by atoms with Gasteiger partial charge < -0.3 is 4.90 Å². The summed E-state index contributed by atoms with van der Waals surface area (Å²) in [4.78, 5) is 14.7. The van der Waals surface area contributed by atoms with Crippen LogP contribution in [0.4, 0.5) is 10.1 Å². The number of carbonyl (C=O) groups excluding carboxylic acids is 1. The summed E-state index contributed by atoms with van der Waals surface area (Å²) >= 11 is 0. The topological polar surface area (TPSA) is 20.3 Å². The molecule has 0 heterocycles. The molecular weight excluding hydrogens is 277 g/mol. The van der Waals surface area contributed by atoms with E-state index in [0.29, 0.717) is 5.56 Å². The van der Waals surface area contributed by atoms with Gasteiger partial charge in [0.05, 0.1) is 0 Å². The van der Waals surface area contributed by atoms with Gasteiger partial charge in [-0.2, -0.15) is 0 Å². The van der Waals surface area contributed by atoms with Crippen molar-refractivity contribution in [3.8, 4) is 0 Å². The normalized spacial score (nSPS) is 13.0. The smallest absolute Gasteiger partial charge is 0.232 e. The second-order valence-electron chi connectivity index (χ2n) is 7.20. The number of hydrogen-bond donors (Lipinski definition) is 0. The predicted octanol–water partition coefficient (Wildman–Crippen LogP) is 5.48. The molecule has 0 aliphatic carbocycles. The number of aryl methyl sites for hydroxylation is 1. The molecule has 0 bridgehead atoms. The van der Waals surface area contributed by atoms with Gasteiger partial charge in [0.25, 0.3) is 0 Å². The van der Waals surface area contributed by atoms with Crippen LogP contribution in [0.5, 0.6) is 0 Å². The summed E-state index contributed by atoms with van der Waals surface area (Å²) in [6.45, 7) is 11.8. The molecule has 0 saturated carbocycles. The summed E-state index contributed by atoms with van der Waals surface area (Å²) in [6.07, 6.45) is 4.40. The molecule has 3 heteroatoms. The third kappa shape index (κ3) is 4.82. The quantitative estimate of drug-likeness (QED) is 0.637. The molecule has 1 atom stereocenters. The highest BCUT2D eigenvalue weighted by molar-refractivity contribution is 5.97. The van der Waals surface area contributed by atoms with Gasteiger partial charge in [0.1, 0.15) is 5.82 Å². The molecule has 0 N–H and O–H groups in total. The molecule has 0 aromatic heterocycles. The molecule has 1 aromatic rings. The second-order valence-corrected chi connectivity index (χ2v) is 7.20. The summed E-state index contributed by atoms with van der Waals surface area (Å²) in [5.74, 6) is -0.145. The van der Waals surface area contributed by atoms with Crippen LogP contribution in [0.3, 0.4) is 0 Å². The van der Waals surface area contributed by atoms with E-state index in [1.54, 1.807) is 19.1 Å². The van der Waals surface area contributed by atoms with Crippen molar-refractivity contribution in [2.24, 2.45) is 5.41 Å². The average molecular weight is 307 g/mol. The summed E-state index contributed by atoms with van der Waals surface area (Å²) in [5, 5.41) is 0. The Morgan fingerprint density at radius 3 is 2.41 bits per heavy atom. The lowest BCUT2D eigenvalue weighted by Crippen LogP contribution is -2.45. The van der Waals surface area contributed by atoms with Crippen LogP contribution < -0.4 is 4.90 Å². The van der Waals surface area contributed by atoms with E-state index in [9.17, 15) is 9.18 Å². The molecule has 2 nitrogen and oxygen atoms in total. The van der Waals surface area contributed by atoms with Crippen LogP contribution in [0.2, 0.25) is 0 Å². The van der Waals surface area contributed by atoms with Gasteiger partial charge in [-0.25, -0.2) is 4.39 Å². The fourth-order valence-electron chi connectivity index (χ4n) is 2.53. The van der Waals surface area contributed by atoms with Crippen molar-refractivity contribution in [1.29, 1.82) is 0 Å². The van der Waals surface area contributed by atoms with Gasteiger partial charge >= 0.3 is 0 Å². The van der Waals surface area contributed by atoms with Crippen LogP contribution in [0.15, 0.2) is 18.2 Å². The maximum absolute atomic E-state index is 13.5. The molecule has 1 rings (SSSR count). The van der Waals surface area contributed by atoms with Crippen LogP contribution in [0.1, 0.15) is 65.9 Å². The second kappa shape index (κ2) is 7.75. The Hall–Kier alpha value is -1.38. The molecule has 0 fully saturated rings. The van der Waals surface area contributed by atoms with E-state index >= 15 is 0 Å². The molecule has 22 heavy (non-hydrogen) atoms. The minimum Gasteiger partial charge on any atom is -0.309 e. The zero-order chi connectivity index (χ0) is 16.9. The molecule has 1 amide bonds. The summed E-state index contributed by atoms with van der Waals surface area (Å²) in [7, 11) is 0. The third-order valence-corrected chi connectivity index (χ3v) is 3.95. The molecule has 0 saturated heterocycles. The Kier molecular flexibility index (Phi) is 6.58. The monoisotopic (exact) mass is 307 g/mol. The van der Waals surface area contributed by atoms with E-state index in [2.05, 4.69) is 13.8 Å². The Balaban J connectivity index is 3.10. The minimum absolute atomic E-state index is 0.0857. The lowest BCUT2D eigenvalue weighted by molar-refractivity contribution is -0.126. The number of halogens is 1. The Morgan fingerprint density at radius 2 is 1.91 bits per heavy atom. The number of unbranched alkanes of at least 4 members (excludes halogenated alkanes) is 2. The van der Waals surface area contributed by atoms with E-state index < -0.39 is 5.41 Å². The Labute approximate surface area is 134 Å². The Morgan fingerprint density at radius 1 is 1.27 bits per heavy atom. The SMILES string of the molecule is CCCCCC(C)N(C(=O)C(C)(C)C)c1ccc(F)c(C)c1. The predicted molar refractivity (Wildman–Crippen MR) is 91.7 cm³/mol. The van der Waals surface area contributed by atoms with Crippen LogP contribution >= 0.6 is 0 Å². The first-order valence-electron chi connectivity index (χ1n) is 8.28. The first-order valence-corrected chi connectivity index (χ1v) is 8.28. The first kappa shape index (κ1) is 18.7. The number of hydrogen-bond acceptors (Lipinski definition) is 1. The molecule has 1 unspecified atom stereocenters. The van der Waals surface area contributed by atoms with Crippen LogP contribution in [-0.2, 0) is 4.79 Å².